The fourth-order valence-electron chi connectivity index (χ4n) is 3.80. The predicted molar refractivity (Wildman–Crippen MR) is 114 cm³/mol. The van der Waals surface area contributed by atoms with Gasteiger partial charge in [-0.1, -0.05) is 12.1 Å². The number of nitro benzene ring substituents is 1. The lowest BCUT2D eigenvalue weighted by molar-refractivity contribution is -0.385. The molecule has 1 unspecified atom stereocenters. The summed E-state index contributed by atoms with van der Waals surface area (Å²) in [4.78, 5) is 27.7. The summed E-state index contributed by atoms with van der Waals surface area (Å²) in [5.74, 6) is -0.211. The molecule has 1 saturated heterocycles. The lowest BCUT2D eigenvalue weighted by atomic mass is 10.0. The maximum atomic E-state index is 12.7. The molecule has 0 aromatic heterocycles. The van der Waals surface area contributed by atoms with E-state index in [1.165, 1.54) is 30.5 Å². The molecule has 0 saturated carbocycles. The van der Waals surface area contributed by atoms with Crippen LogP contribution in [0, 0.1) is 17.0 Å². The van der Waals surface area contributed by atoms with Gasteiger partial charge in [-0.3, -0.25) is 19.8 Å². The molecule has 1 amide bonds. The first-order chi connectivity index (χ1) is 13.9. The van der Waals surface area contributed by atoms with Crippen LogP contribution < -0.4 is 10.2 Å². The molecule has 1 fully saturated rings. The van der Waals surface area contributed by atoms with Crippen molar-refractivity contribution < 1.29 is 9.72 Å². The summed E-state index contributed by atoms with van der Waals surface area (Å²) in [6.07, 6.45) is 2.34. The minimum atomic E-state index is -0.433. The number of nitrogens with one attached hydrogen (secondary N) is 1. The lowest BCUT2D eigenvalue weighted by Crippen LogP contribution is -2.36. The van der Waals surface area contributed by atoms with E-state index in [1.54, 1.807) is 13.0 Å². The van der Waals surface area contributed by atoms with Gasteiger partial charge in [-0.05, 0) is 62.7 Å². The van der Waals surface area contributed by atoms with Crippen LogP contribution in [0.1, 0.15) is 40.4 Å². The number of aryl methyl sites for hydroxylation is 1. The number of hydrogen-bond donors (Lipinski definition) is 1. The van der Waals surface area contributed by atoms with E-state index in [0.29, 0.717) is 17.7 Å². The van der Waals surface area contributed by atoms with Gasteiger partial charge in [0.15, 0.2) is 0 Å². The van der Waals surface area contributed by atoms with Crippen molar-refractivity contribution in [3.05, 3.63) is 69.3 Å². The Hall–Kier alpha value is -2.93. The van der Waals surface area contributed by atoms with Crippen molar-refractivity contribution in [1.29, 1.82) is 0 Å². The Bertz CT molecular complexity index is 874. The fourth-order valence-corrected chi connectivity index (χ4v) is 3.80. The first-order valence-electron chi connectivity index (χ1n) is 9.91. The number of anilines is 1. The van der Waals surface area contributed by atoms with Gasteiger partial charge in [-0.2, -0.15) is 0 Å². The number of nitrogens with zero attached hydrogens (tertiary/aromatic N) is 3. The first kappa shape index (κ1) is 20.8. The summed E-state index contributed by atoms with van der Waals surface area (Å²) in [5.41, 5.74) is 3.27. The molecule has 0 aliphatic carbocycles. The highest BCUT2D eigenvalue weighted by atomic mass is 16.6. The van der Waals surface area contributed by atoms with Gasteiger partial charge in [-0.25, -0.2) is 0 Å². The molecule has 0 spiro atoms. The molecule has 7 nitrogen and oxygen atoms in total. The predicted octanol–water partition coefficient (Wildman–Crippen LogP) is 3.54. The largest absolute Gasteiger partial charge is 0.378 e. The molecule has 29 heavy (non-hydrogen) atoms. The molecular weight excluding hydrogens is 368 g/mol. The molecule has 2 aromatic rings. The van der Waals surface area contributed by atoms with Crippen LogP contribution in [0.2, 0.25) is 0 Å². The molecule has 154 valence electrons. The number of amides is 1. The highest BCUT2D eigenvalue weighted by Crippen LogP contribution is 2.26. The number of carbonyl (C=O) groups excluding carboxylic acids is 1. The van der Waals surface area contributed by atoms with Crippen LogP contribution in [0.5, 0.6) is 0 Å². The summed E-state index contributed by atoms with van der Waals surface area (Å²) < 4.78 is 0. The van der Waals surface area contributed by atoms with Gasteiger partial charge < -0.3 is 10.2 Å². The SMILES string of the molecule is Cc1cc(C(=O)NCC(c2ccc(N(C)C)cc2)N2CCCC2)ccc1[N+](=O)[O-]. The van der Waals surface area contributed by atoms with Gasteiger partial charge in [-0.15, -0.1) is 0 Å². The molecular formula is C22H28N4O3. The van der Waals surface area contributed by atoms with E-state index in [-0.39, 0.29) is 17.6 Å². The molecule has 0 radical (unpaired) electrons. The van der Waals surface area contributed by atoms with Crippen LogP contribution in [-0.2, 0) is 0 Å². The molecule has 1 N–H and O–H groups in total. The topological polar surface area (TPSA) is 78.7 Å². The fraction of sp³-hybridized carbons (Fsp3) is 0.409. The number of likely N-dealkylation sites (tertiary alicyclic amines) is 1. The Morgan fingerprint density at radius 3 is 2.38 bits per heavy atom. The maximum Gasteiger partial charge on any atom is 0.272 e. The molecule has 1 aliphatic rings. The third kappa shape index (κ3) is 4.92. The summed E-state index contributed by atoms with van der Waals surface area (Å²) in [7, 11) is 4.03. The van der Waals surface area contributed by atoms with Gasteiger partial charge in [0.05, 0.1) is 11.0 Å². The zero-order valence-corrected chi connectivity index (χ0v) is 17.2. The van der Waals surface area contributed by atoms with Gasteiger partial charge in [0, 0.05) is 43.5 Å². The Balaban J connectivity index is 1.73. The minimum Gasteiger partial charge on any atom is -0.378 e. The van der Waals surface area contributed by atoms with Gasteiger partial charge in [0.1, 0.15) is 0 Å². The van der Waals surface area contributed by atoms with E-state index in [1.807, 2.05) is 14.1 Å². The number of carbonyl (C=O) groups is 1. The average Bonchev–Trinajstić information content (AvgIpc) is 3.22. The zero-order chi connectivity index (χ0) is 21.0. The van der Waals surface area contributed by atoms with Crippen LogP contribution >= 0.6 is 0 Å². The van der Waals surface area contributed by atoms with E-state index in [9.17, 15) is 14.9 Å². The standard InChI is InChI=1S/C22H28N4O3/c1-16-14-18(8-11-20(16)26(28)29)22(27)23-15-21(25-12-4-5-13-25)17-6-9-19(10-7-17)24(2)3/h6-11,14,21H,4-5,12-13,15H2,1-3H3,(H,23,27). The van der Waals surface area contributed by atoms with E-state index in [4.69, 9.17) is 0 Å². The highest BCUT2D eigenvalue weighted by Gasteiger charge is 2.24. The highest BCUT2D eigenvalue weighted by molar-refractivity contribution is 5.94. The Kier molecular flexibility index (Phi) is 6.49. The van der Waals surface area contributed by atoms with Crippen molar-refractivity contribution in [3.8, 4) is 0 Å². The van der Waals surface area contributed by atoms with Crippen molar-refractivity contribution in [2.75, 3.05) is 38.6 Å². The Morgan fingerprint density at radius 1 is 1.17 bits per heavy atom. The van der Waals surface area contributed by atoms with Crippen LogP contribution in [0.15, 0.2) is 42.5 Å². The number of benzene rings is 2. The first-order valence-corrected chi connectivity index (χ1v) is 9.91. The van der Waals surface area contributed by atoms with Crippen molar-refractivity contribution in [2.24, 2.45) is 0 Å². The molecule has 1 atom stereocenters. The molecule has 3 rings (SSSR count). The van der Waals surface area contributed by atoms with Crippen LogP contribution in [0.25, 0.3) is 0 Å². The Morgan fingerprint density at radius 2 is 1.83 bits per heavy atom. The number of hydrogen-bond acceptors (Lipinski definition) is 5. The molecule has 1 aliphatic heterocycles. The molecule has 0 bridgehead atoms. The van der Waals surface area contributed by atoms with Crippen molar-refractivity contribution in [1.82, 2.24) is 10.2 Å². The van der Waals surface area contributed by atoms with Crippen molar-refractivity contribution >= 4 is 17.3 Å². The average molecular weight is 396 g/mol. The lowest BCUT2D eigenvalue weighted by Gasteiger charge is -2.28. The summed E-state index contributed by atoms with van der Waals surface area (Å²) in [6, 6.07) is 13.0. The molecule has 2 aromatic carbocycles. The number of rotatable bonds is 7. The van der Waals surface area contributed by atoms with Crippen molar-refractivity contribution in [3.63, 3.8) is 0 Å². The van der Waals surface area contributed by atoms with Crippen LogP contribution in [-0.4, -0.2) is 49.5 Å². The quantitative estimate of drug-likeness (QED) is 0.572. The van der Waals surface area contributed by atoms with Gasteiger partial charge >= 0.3 is 0 Å². The van der Waals surface area contributed by atoms with Crippen LogP contribution in [0.4, 0.5) is 11.4 Å². The summed E-state index contributed by atoms with van der Waals surface area (Å²) in [5, 5.41) is 14.0. The maximum absolute atomic E-state index is 12.7. The number of nitro groups is 1. The van der Waals surface area contributed by atoms with E-state index in [0.717, 1.165) is 18.8 Å². The third-order valence-corrected chi connectivity index (χ3v) is 5.49. The second-order valence-electron chi connectivity index (χ2n) is 7.71. The van der Waals surface area contributed by atoms with Crippen LogP contribution in [0.3, 0.4) is 0 Å². The molecule has 7 heteroatoms. The summed E-state index contributed by atoms with van der Waals surface area (Å²) >= 11 is 0. The second kappa shape index (κ2) is 9.05. The smallest absolute Gasteiger partial charge is 0.272 e. The summed E-state index contributed by atoms with van der Waals surface area (Å²) in [6.45, 7) is 4.18. The Labute approximate surface area is 171 Å². The zero-order valence-electron chi connectivity index (χ0n) is 17.2. The van der Waals surface area contributed by atoms with Gasteiger partial charge in [0.25, 0.3) is 11.6 Å². The van der Waals surface area contributed by atoms with E-state index in [2.05, 4.69) is 39.4 Å². The van der Waals surface area contributed by atoms with Gasteiger partial charge in [0.2, 0.25) is 0 Å². The normalized spacial score (nSPS) is 15.1. The van der Waals surface area contributed by atoms with Crippen molar-refractivity contribution in [2.45, 2.75) is 25.8 Å². The second-order valence-corrected chi connectivity index (χ2v) is 7.71. The monoisotopic (exact) mass is 396 g/mol. The van der Waals surface area contributed by atoms with E-state index < -0.39 is 4.92 Å². The minimum absolute atomic E-state index is 0.0254. The third-order valence-electron chi connectivity index (χ3n) is 5.49. The van der Waals surface area contributed by atoms with E-state index >= 15 is 0 Å². The molecule has 1 heterocycles.